The molecule has 2 fully saturated rings. The number of aliphatic imine (C=N–C) groups is 1. The fraction of sp³-hybridized carbons (Fsp3) is 0.600. The zero-order valence-electron chi connectivity index (χ0n) is 15.6. The van der Waals surface area contributed by atoms with Crippen LogP contribution >= 0.6 is 0 Å². The number of nitrogens with one attached hydrogen (secondary N) is 2. The van der Waals surface area contributed by atoms with Gasteiger partial charge in [-0.05, 0) is 44.2 Å². The molecule has 0 unspecified atom stereocenters. The van der Waals surface area contributed by atoms with Gasteiger partial charge in [-0.1, -0.05) is 18.2 Å². The van der Waals surface area contributed by atoms with Crippen LogP contribution in [0.15, 0.2) is 29.3 Å². The van der Waals surface area contributed by atoms with Crippen molar-refractivity contribution in [1.82, 2.24) is 15.5 Å². The van der Waals surface area contributed by atoms with Crippen LogP contribution in [-0.2, 0) is 10.2 Å². The summed E-state index contributed by atoms with van der Waals surface area (Å²) in [6.07, 6.45) is 4.63. The molecular weight excluding hydrogens is 331 g/mol. The van der Waals surface area contributed by atoms with Gasteiger partial charge in [-0.3, -0.25) is 9.79 Å². The standard InChI is InChI=1S/C20H29FN4O/c1-2-22-19(23-12-9-18(26)25-13-5-6-14-25)24-15-20(10-11-20)16-7-3-4-8-17(16)21/h3-4,7-8H,2,5-6,9-15H2,1H3,(H2,22,23,24). The molecule has 2 N–H and O–H groups in total. The number of hydrogen-bond acceptors (Lipinski definition) is 2. The first-order valence-corrected chi connectivity index (χ1v) is 9.69. The van der Waals surface area contributed by atoms with Gasteiger partial charge >= 0.3 is 0 Å². The molecule has 0 radical (unpaired) electrons. The van der Waals surface area contributed by atoms with E-state index in [-0.39, 0.29) is 17.1 Å². The van der Waals surface area contributed by atoms with Crippen molar-refractivity contribution in [3.05, 3.63) is 35.6 Å². The van der Waals surface area contributed by atoms with Crippen LogP contribution in [0.4, 0.5) is 4.39 Å². The first-order chi connectivity index (χ1) is 12.6. The van der Waals surface area contributed by atoms with Gasteiger partial charge in [0.1, 0.15) is 5.82 Å². The summed E-state index contributed by atoms with van der Waals surface area (Å²) in [5.74, 6) is 0.759. The number of benzene rings is 1. The molecule has 5 nitrogen and oxygen atoms in total. The number of guanidine groups is 1. The van der Waals surface area contributed by atoms with E-state index in [9.17, 15) is 9.18 Å². The van der Waals surface area contributed by atoms with Gasteiger partial charge in [0, 0.05) is 38.0 Å². The summed E-state index contributed by atoms with van der Waals surface area (Å²) in [5, 5.41) is 6.45. The molecule has 26 heavy (non-hydrogen) atoms. The summed E-state index contributed by atoms with van der Waals surface area (Å²) < 4.78 is 14.1. The van der Waals surface area contributed by atoms with Crippen LogP contribution in [0.5, 0.6) is 0 Å². The molecule has 3 rings (SSSR count). The third-order valence-electron chi connectivity index (χ3n) is 5.27. The van der Waals surface area contributed by atoms with Crippen molar-refractivity contribution >= 4 is 11.9 Å². The van der Waals surface area contributed by atoms with Crippen molar-refractivity contribution in [1.29, 1.82) is 0 Å². The molecule has 1 aromatic carbocycles. The molecule has 0 aromatic heterocycles. The highest BCUT2D eigenvalue weighted by Crippen LogP contribution is 2.49. The van der Waals surface area contributed by atoms with Gasteiger partial charge in [-0.2, -0.15) is 0 Å². The Hall–Kier alpha value is -2.11. The maximum atomic E-state index is 14.1. The normalized spacial score (nSPS) is 18.7. The second kappa shape index (κ2) is 8.52. The summed E-state index contributed by atoms with van der Waals surface area (Å²) in [6, 6.07) is 7.00. The Labute approximate surface area is 155 Å². The minimum Gasteiger partial charge on any atom is -0.357 e. The SMILES string of the molecule is CCNC(=NCC1(c2ccccc2F)CC1)NCCC(=O)N1CCCC1. The largest absolute Gasteiger partial charge is 0.357 e. The topological polar surface area (TPSA) is 56.7 Å². The summed E-state index contributed by atoms with van der Waals surface area (Å²) >= 11 is 0. The first kappa shape index (κ1) is 18.7. The number of rotatable bonds is 7. The van der Waals surface area contributed by atoms with Crippen molar-refractivity contribution in [2.45, 2.75) is 44.4 Å². The van der Waals surface area contributed by atoms with Gasteiger partial charge in [0.05, 0.1) is 6.54 Å². The molecule has 1 heterocycles. The van der Waals surface area contributed by atoms with Gasteiger partial charge in [0.25, 0.3) is 0 Å². The molecule has 0 bridgehead atoms. The van der Waals surface area contributed by atoms with Crippen LogP contribution in [0.3, 0.4) is 0 Å². The molecule has 142 valence electrons. The van der Waals surface area contributed by atoms with Gasteiger partial charge in [-0.25, -0.2) is 4.39 Å². The van der Waals surface area contributed by atoms with E-state index in [1.807, 2.05) is 24.0 Å². The van der Waals surface area contributed by atoms with E-state index < -0.39 is 0 Å². The van der Waals surface area contributed by atoms with Gasteiger partial charge in [-0.15, -0.1) is 0 Å². The molecule has 1 saturated heterocycles. The molecule has 1 amide bonds. The van der Waals surface area contributed by atoms with Crippen molar-refractivity contribution in [3.63, 3.8) is 0 Å². The number of amides is 1. The second-order valence-electron chi connectivity index (χ2n) is 7.22. The summed E-state index contributed by atoms with van der Waals surface area (Å²) in [6.45, 7) is 5.66. The zero-order chi connectivity index (χ0) is 18.4. The first-order valence-electron chi connectivity index (χ1n) is 9.69. The quantitative estimate of drug-likeness (QED) is 0.580. The molecule has 1 aromatic rings. The van der Waals surface area contributed by atoms with E-state index in [0.29, 0.717) is 25.5 Å². The molecule has 1 aliphatic carbocycles. The summed E-state index contributed by atoms with van der Waals surface area (Å²) in [4.78, 5) is 18.7. The van der Waals surface area contributed by atoms with E-state index in [4.69, 9.17) is 0 Å². The van der Waals surface area contributed by atoms with Crippen molar-refractivity contribution < 1.29 is 9.18 Å². The van der Waals surface area contributed by atoms with Gasteiger partial charge in [0.15, 0.2) is 5.96 Å². The average molecular weight is 360 g/mol. The van der Waals surface area contributed by atoms with Gasteiger partial charge in [0.2, 0.25) is 5.91 Å². The number of carbonyl (C=O) groups excluding carboxylic acids is 1. The highest BCUT2D eigenvalue weighted by Gasteiger charge is 2.45. The monoisotopic (exact) mass is 360 g/mol. The highest BCUT2D eigenvalue weighted by atomic mass is 19.1. The van der Waals surface area contributed by atoms with Crippen LogP contribution in [0.2, 0.25) is 0 Å². The third-order valence-corrected chi connectivity index (χ3v) is 5.27. The molecule has 1 saturated carbocycles. The second-order valence-corrected chi connectivity index (χ2v) is 7.22. The van der Waals surface area contributed by atoms with E-state index >= 15 is 0 Å². The van der Waals surface area contributed by atoms with Gasteiger partial charge < -0.3 is 15.5 Å². The Morgan fingerprint density at radius 1 is 1.23 bits per heavy atom. The fourth-order valence-corrected chi connectivity index (χ4v) is 3.54. The van der Waals surface area contributed by atoms with Crippen molar-refractivity contribution in [2.75, 3.05) is 32.7 Å². The summed E-state index contributed by atoms with van der Waals surface area (Å²) in [7, 11) is 0. The van der Waals surface area contributed by atoms with Crippen LogP contribution in [0.1, 0.15) is 44.6 Å². The molecule has 6 heteroatoms. The van der Waals surface area contributed by atoms with E-state index in [1.165, 1.54) is 6.07 Å². The molecular formula is C20H29FN4O. The summed E-state index contributed by atoms with van der Waals surface area (Å²) in [5.41, 5.74) is 0.600. The number of carbonyl (C=O) groups is 1. The lowest BCUT2D eigenvalue weighted by molar-refractivity contribution is -0.129. The predicted molar refractivity (Wildman–Crippen MR) is 102 cm³/mol. The maximum Gasteiger partial charge on any atom is 0.224 e. The van der Waals surface area contributed by atoms with Crippen LogP contribution in [0, 0.1) is 5.82 Å². The van der Waals surface area contributed by atoms with Crippen molar-refractivity contribution in [2.24, 2.45) is 4.99 Å². The van der Waals surface area contributed by atoms with E-state index in [0.717, 1.165) is 50.9 Å². The van der Waals surface area contributed by atoms with Crippen LogP contribution < -0.4 is 10.6 Å². The lowest BCUT2D eigenvalue weighted by atomic mass is 9.95. The minimum atomic E-state index is -0.168. The van der Waals surface area contributed by atoms with Crippen molar-refractivity contribution in [3.8, 4) is 0 Å². The number of nitrogens with zero attached hydrogens (tertiary/aromatic N) is 2. The molecule has 2 aliphatic rings. The Balaban J connectivity index is 1.54. The third kappa shape index (κ3) is 4.54. The Morgan fingerprint density at radius 3 is 2.62 bits per heavy atom. The Morgan fingerprint density at radius 2 is 1.96 bits per heavy atom. The fourth-order valence-electron chi connectivity index (χ4n) is 3.54. The van der Waals surface area contributed by atoms with Crippen LogP contribution in [-0.4, -0.2) is 49.5 Å². The molecule has 0 spiro atoms. The van der Waals surface area contributed by atoms with E-state index in [2.05, 4.69) is 15.6 Å². The lowest BCUT2D eigenvalue weighted by Crippen LogP contribution is -2.40. The minimum absolute atomic E-state index is 0.144. The lowest BCUT2D eigenvalue weighted by Gasteiger charge is -2.18. The zero-order valence-corrected chi connectivity index (χ0v) is 15.6. The predicted octanol–water partition coefficient (Wildman–Crippen LogP) is 2.42. The van der Waals surface area contributed by atoms with E-state index in [1.54, 1.807) is 6.07 Å². The number of likely N-dealkylation sites (tertiary alicyclic amines) is 1. The average Bonchev–Trinajstić information content (AvgIpc) is 3.22. The molecule has 0 atom stereocenters. The smallest absolute Gasteiger partial charge is 0.224 e. The molecule has 1 aliphatic heterocycles. The Bertz CT molecular complexity index is 651. The number of halogens is 1. The van der Waals surface area contributed by atoms with Crippen LogP contribution in [0.25, 0.3) is 0 Å². The maximum absolute atomic E-state index is 14.1. The highest BCUT2D eigenvalue weighted by molar-refractivity contribution is 5.81. The number of hydrogen-bond donors (Lipinski definition) is 2. The Kier molecular flexibility index (Phi) is 6.12.